The molecule has 0 aliphatic heterocycles. The molecule has 0 saturated heterocycles. The van der Waals surface area contributed by atoms with Gasteiger partial charge in [-0.15, -0.1) is 0 Å². The smallest absolute Gasteiger partial charge is 0.115 e. The van der Waals surface area contributed by atoms with E-state index in [1.165, 1.54) is 24.0 Å². The first-order chi connectivity index (χ1) is 8.81. The molecule has 1 N–H and O–H groups in total. The summed E-state index contributed by atoms with van der Waals surface area (Å²) in [6.07, 6.45) is 7.59. The van der Waals surface area contributed by atoms with Crippen LogP contribution in [0.15, 0.2) is 43.0 Å². The molecule has 1 heterocycles. The molecule has 0 bridgehead atoms. The van der Waals surface area contributed by atoms with Gasteiger partial charge in [0.25, 0.3) is 0 Å². The number of nitrogens with zero attached hydrogens (tertiary/aromatic N) is 2. The highest BCUT2D eigenvalue weighted by Crippen LogP contribution is 2.38. The molecule has 18 heavy (non-hydrogen) atoms. The van der Waals surface area contributed by atoms with Crippen molar-refractivity contribution in [2.45, 2.75) is 31.7 Å². The molecule has 1 aromatic heterocycles. The Morgan fingerprint density at radius 2 is 1.72 bits per heavy atom. The van der Waals surface area contributed by atoms with Crippen LogP contribution in [0.1, 0.15) is 29.9 Å². The van der Waals surface area contributed by atoms with Crippen LogP contribution in [0, 0.1) is 6.92 Å². The molecule has 0 spiro atoms. The molecular weight excluding hydrogens is 222 g/mol. The van der Waals surface area contributed by atoms with Gasteiger partial charge in [0.1, 0.15) is 6.33 Å². The lowest BCUT2D eigenvalue weighted by Gasteiger charge is -2.36. The molecule has 1 aromatic carbocycles. The molecule has 2 aromatic rings. The lowest BCUT2D eigenvalue weighted by atomic mass is 9.75. The molecule has 1 aliphatic rings. The van der Waals surface area contributed by atoms with E-state index in [0.29, 0.717) is 12.0 Å². The second-order valence-electron chi connectivity index (χ2n) is 5.05. The topological polar surface area (TPSA) is 37.8 Å². The van der Waals surface area contributed by atoms with Gasteiger partial charge in [0.15, 0.2) is 0 Å². The maximum Gasteiger partial charge on any atom is 0.115 e. The third kappa shape index (κ3) is 2.35. The molecule has 0 amide bonds. The third-order valence-electron chi connectivity index (χ3n) is 3.62. The minimum absolute atomic E-state index is 0.558. The van der Waals surface area contributed by atoms with Crippen molar-refractivity contribution >= 4 is 5.69 Å². The van der Waals surface area contributed by atoms with Gasteiger partial charge in [-0.25, -0.2) is 9.97 Å². The zero-order valence-electron chi connectivity index (χ0n) is 10.5. The molecule has 3 nitrogen and oxygen atoms in total. The number of nitrogens with one attached hydrogen (secondary N) is 1. The monoisotopic (exact) mass is 239 g/mol. The van der Waals surface area contributed by atoms with E-state index in [2.05, 4.69) is 46.5 Å². The van der Waals surface area contributed by atoms with Crippen molar-refractivity contribution in [1.29, 1.82) is 0 Å². The van der Waals surface area contributed by atoms with E-state index in [1.807, 2.05) is 12.4 Å². The van der Waals surface area contributed by atoms with Crippen LogP contribution < -0.4 is 5.32 Å². The van der Waals surface area contributed by atoms with E-state index in [1.54, 1.807) is 6.33 Å². The van der Waals surface area contributed by atoms with Crippen LogP contribution in [0.5, 0.6) is 0 Å². The first kappa shape index (κ1) is 11.2. The Balaban J connectivity index is 1.56. The fourth-order valence-corrected chi connectivity index (χ4v) is 2.46. The number of benzene rings is 1. The number of anilines is 1. The SMILES string of the molecule is Cc1ccc(C2CC(Nc3cncnc3)C2)cc1. The van der Waals surface area contributed by atoms with Crippen LogP contribution in [-0.2, 0) is 0 Å². The molecule has 0 radical (unpaired) electrons. The minimum atomic E-state index is 0.558. The maximum absolute atomic E-state index is 4.01. The van der Waals surface area contributed by atoms with Gasteiger partial charge in [0, 0.05) is 6.04 Å². The van der Waals surface area contributed by atoms with E-state index in [9.17, 15) is 0 Å². The molecule has 92 valence electrons. The minimum Gasteiger partial charge on any atom is -0.380 e. The van der Waals surface area contributed by atoms with E-state index in [-0.39, 0.29) is 0 Å². The van der Waals surface area contributed by atoms with Crippen LogP contribution in [0.3, 0.4) is 0 Å². The number of rotatable bonds is 3. The van der Waals surface area contributed by atoms with Crippen molar-refractivity contribution < 1.29 is 0 Å². The van der Waals surface area contributed by atoms with Gasteiger partial charge < -0.3 is 5.32 Å². The highest BCUT2D eigenvalue weighted by atomic mass is 15.0. The van der Waals surface area contributed by atoms with E-state index in [4.69, 9.17) is 0 Å². The first-order valence-corrected chi connectivity index (χ1v) is 6.39. The van der Waals surface area contributed by atoms with Gasteiger partial charge in [-0.05, 0) is 31.2 Å². The highest BCUT2D eigenvalue weighted by Gasteiger charge is 2.30. The summed E-state index contributed by atoms with van der Waals surface area (Å²) in [6, 6.07) is 9.45. The lowest BCUT2D eigenvalue weighted by Crippen LogP contribution is -2.34. The summed E-state index contributed by atoms with van der Waals surface area (Å²) >= 11 is 0. The average molecular weight is 239 g/mol. The number of aromatic nitrogens is 2. The Bertz CT molecular complexity index is 501. The van der Waals surface area contributed by atoms with Crippen molar-refractivity contribution in [3.05, 3.63) is 54.1 Å². The largest absolute Gasteiger partial charge is 0.380 e. The first-order valence-electron chi connectivity index (χ1n) is 6.39. The zero-order valence-corrected chi connectivity index (χ0v) is 10.5. The van der Waals surface area contributed by atoms with E-state index >= 15 is 0 Å². The summed E-state index contributed by atoms with van der Waals surface area (Å²) in [4.78, 5) is 8.02. The highest BCUT2D eigenvalue weighted by molar-refractivity contribution is 5.40. The summed E-state index contributed by atoms with van der Waals surface area (Å²) in [6.45, 7) is 2.13. The summed E-state index contributed by atoms with van der Waals surface area (Å²) in [7, 11) is 0. The Hall–Kier alpha value is -1.90. The lowest BCUT2D eigenvalue weighted by molar-refractivity contribution is 0.374. The van der Waals surface area contributed by atoms with Gasteiger partial charge in [-0.1, -0.05) is 29.8 Å². The van der Waals surface area contributed by atoms with Crippen molar-refractivity contribution in [1.82, 2.24) is 9.97 Å². The van der Waals surface area contributed by atoms with Gasteiger partial charge >= 0.3 is 0 Å². The average Bonchev–Trinajstić information content (AvgIpc) is 2.36. The number of hydrogen-bond donors (Lipinski definition) is 1. The van der Waals surface area contributed by atoms with Gasteiger partial charge in [0.2, 0.25) is 0 Å². The second-order valence-corrected chi connectivity index (χ2v) is 5.05. The van der Waals surface area contributed by atoms with E-state index in [0.717, 1.165) is 5.69 Å². The molecule has 1 aliphatic carbocycles. The van der Waals surface area contributed by atoms with Crippen LogP contribution in [-0.4, -0.2) is 16.0 Å². The summed E-state index contributed by atoms with van der Waals surface area (Å²) in [5.41, 5.74) is 3.81. The molecule has 0 unspecified atom stereocenters. The second kappa shape index (κ2) is 4.77. The molecule has 1 fully saturated rings. The normalized spacial score (nSPS) is 22.3. The van der Waals surface area contributed by atoms with Crippen LogP contribution in [0.4, 0.5) is 5.69 Å². The van der Waals surface area contributed by atoms with Gasteiger partial charge in [-0.2, -0.15) is 0 Å². The van der Waals surface area contributed by atoms with Crippen molar-refractivity contribution in [2.24, 2.45) is 0 Å². The molecule has 3 rings (SSSR count). The van der Waals surface area contributed by atoms with Crippen LogP contribution >= 0.6 is 0 Å². The molecule has 1 saturated carbocycles. The Morgan fingerprint density at radius 1 is 1.06 bits per heavy atom. The van der Waals surface area contributed by atoms with E-state index < -0.39 is 0 Å². The quantitative estimate of drug-likeness (QED) is 0.894. The summed E-state index contributed by atoms with van der Waals surface area (Å²) in [5.74, 6) is 0.702. The van der Waals surface area contributed by atoms with Crippen molar-refractivity contribution in [2.75, 3.05) is 5.32 Å². The summed E-state index contributed by atoms with van der Waals surface area (Å²) < 4.78 is 0. The van der Waals surface area contributed by atoms with Gasteiger partial charge in [-0.3, -0.25) is 0 Å². The van der Waals surface area contributed by atoms with Gasteiger partial charge in [0.05, 0.1) is 18.1 Å². The molecular formula is C15H17N3. The fourth-order valence-electron chi connectivity index (χ4n) is 2.46. The molecule has 3 heteroatoms. The summed E-state index contributed by atoms with van der Waals surface area (Å²) in [5, 5.41) is 3.46. The fraction of sp³-hybridized carbons (Fsp3) is 0.333. The van der Waals surface area contributed by atoms with Crippen molar-refractivity contribution in [3.8, 4) is 0 Å². The zero-order chi connectivity index (χ0) is 12.4. The number of aryl methyl sites for hydroxylation is 1. The Morgan fingerprint density at radius 3 is 2.39 bits per heavy atom. The molecule has 0 atom stereocenters. The van der Waals surface area contributed by atoms with Crippen LogP contribution in [0.25, 0.3) is 0 Å². The maximum atomic E-state index is 4.01. The standard InChI is InChI=1S/C15H17N3/c1-11-2-4-12(5-3-11)13-6-14(7-13)18-15-8-16-10-17-9-15/h2-5,8-10,13-14,18H,6-7H2,1H3. The third-order valence-corrected chi connectivity index (χ3v) is 3.62. The Kier molecular flexibility index (Phi) is 2.97. The predicted molar refractivity (Wildman–Crippen MR) is 72.6 cm³/mol. The Labute approximate surface area is 107 Å². The van der Waals surface area contributed by atoms with Crippen LogP contribution in [0.2, 0.25) is 0 Å². The number of hydrogen-bond acceptors (Lipinski definition) is 3. The van der Waals surface area contributed by atoms with Crippen molar-refractivity contribution in [3.63, 3.8) is 0 Å². The predicted octanol–water partition coefficient (Wildman–Crippen LogP) is 3.14.